The maximum Gasteiger partial charge on any atom is 0.317 e. The smallest absolute Gasteiger partial charge is 0.317 e. The molecular weight excluding hydrogens is 272 g/mol. The van der Waals surface area contributed by atoms with Crippen molar-refractivity contribution in [2.45, 2.75) is 37.4 Å². The van der Waals surface area contributed by atoms with Gasteiger partial charge in [0.05, 0.1) is 6.20 Å². The highest BCUT2D eigenvalue weighted by Gasteiger charge is 2.26. The first-order valence-corrected chi connectivity index (χ1v) is 8.31. The number of hydrogen-bond donors (Lipinski definition) is 2. The predicted octanol–water partition coefficient (Wildman–Crippen LogP) is 2.44. The number of aromatic nitrogens is 2. The quantitative estimate of drug-likeness (QED) is 0.897. The highest BCUT2D eigenvalue weighted by Crippen LogP contribution is 2.26. The molecule has 0 bridgehead atoms. The van der Waals surface area contributed by atoms with Crippen LogP contribution in [0.3, 0.4) is 0 Å². The van der Waals surface area contributed by atoms with Gasteiger partial charge < -0.3 is 10.2 Å². The lowest BCUT2D eigenvalue weighted by atomic mass is 9.93. The average Bonchev–Trinajstić information content (AvgIpc) is 2.99. The first kappa shape index (κ1) is 15.2. The van der Waals surface area contributed by atoms with Crippen molar-refractivity contribution in [1.82, 2.24) is 20.4 Å². The van der Waals surface area contributed by atoms with Gasteiger partial charge in [0.25, 0.3) is 0 Å². The zero-order chi connectivity index (χ0) is 14.6. The lowest BCUT2D eigenvalue weighted by Gasteiger charge is -2.33. The van der Waals surface area contributed by atoms with Gasteiger partial charge in [0.1, 0.15) is 0 Å². The van der Waals surface area contributed by atoms with Crippen molar-refractivity contribution in [1.29, 1.82) is 0 Å². The largest absolute Gasteiger partial charge is 0.337 e. The van der Waals surface area contributed by atoms with Gasteiger partial charge in [0.15, 0.2) is 0 Å². The number of carbonyl (C=O) groups excluding carboxylic acids is 1. The summed E-state index contributed by atoms with van der Waals surface area (Å²) in [7, 11) is 0. The van der Waals surface area contributed by atoms with Crippen LogP contribution in [0.4, 0.5) is 4.79 Å². The van der Waals surface area contributed by atoms with Crippen molar-refractivity contribution < 1.29 is 4.79 Å². The Kier molecular flexibility index (Phi) is 4.96. The van der Waals surface area contributed by atoms with Gasteiger partial charge in [-0.3, -0.25) is 5.10 Å². The molecule has 0 aliphatic carbocycles. The minimum absolute atomic E-state index is 0.0559. The summed E-state index contributed by atoms with van der Waals surface area (Å²) in [5, 5.41) is 9.90. The molecule has 1 atom stereocenters. The highest BCUT2D eigenvalue weighted by molar-refractivity contribution is 7.99. The summed E-state index contributed by atoms with van der Waals surface area (Å²) in [5.74, 6) is 0.404. The second-order valence-electron chi connectivity index (χ2n) is 5.94. The summed E-state index contributed by atoms with van der Waals surface area (Å²) in [6, 6.07) is 0.0559. The molecule has 0 spiro atoms. The van der Waals surface area contributed by atoms with Crippen LogP contribution in [0.1, 0.15) is 38.2 Å². The molecule has 2 amide bonds. The monoisotopic (exact) mass is 296 g/mol. The van der Waals surface area contributed by atoms with Gasteiger partial charge in [0.2, 0.25) is 0 Å². The number of urea groups is 1. The van der Waals surface area contributed by atoms with Crippen LogP contribution >= 0.6 is 11.8 Å². The zero-order valence-corrected chi connectivity index (χ0v) is 13.3. The van der Waals surface area contributed by atoms with Crippen molar-refractivity contribution in [3.05, 3.63) is 18.0 Å². The van der Waals surface area contributed by atoms with Crippen LogP contribution < -0.4 is 5.32 Å². The molecule has 20 heavy (non-hydrogen) atoms. The Balaban J connectivity index is 1.87. The molecule has 0 aromatic carbocycles. The third kappa shape index (κ3) is 3.91. The van der Waals surface area contributed by atoms with E-state index in [1.54, 1.807) is 11.8 Å². The average molecular weight is 296 g/mol. The fourth-order valence-electron chi connectivity index (χ4n) is 2.39. The summed E-state index contributed by atoms with van der Waals surface area (Å²) in [6.07, 6.45) is 8.04. The standard InChI is InChI=1S/C14H24N4OS/c1-14(2,20-3)10-15-13(19)18-6-4-5-11(9-18)12-7-16-17-8-12/h7-8,11H,4-6,9-10H2,1-3H3,(H,15,19)(H,16,17)/t11-/m1/s1. The highest BCUT2D eigenvalue weighted by atomic mass is 32.2. The first-order chi connectivity index (χ1) is 9.52. The Labute approximate surface area is 124 Å². The summed E-state index contributed by atoms with van der Waals surface area (Å²) in [4.78, 5) is 14.2. The fourth-order valence-corrected chi connectivity index (χ4v) is 2.61. The molecule has 1 aliphatic heterocycles. The Morgan fingerprint density at radius 1 is 1.65 bits per heavy atom. The zero-order valence-electron chi connectivity index (χ0n) is 12.5. The van der Waals surface area contributed by atoms with Crippen molar-refractivity contribution >= 4 is 17.8 Å². The molecule has 0 unspecified atom stereocenters. The summed E-state index contributed by atoms with van der Waals surface area (Å²) in [6.45, 7) is 6.61. The van der Waals surface area contributed by atoms with E-state index in [9.17, 15) is 4.79 Å². The third-order valence-electron chi connectivity index (χ3n) is 3.92. The van der Waals surface area contributed by atoms with Gasteiger partial charge in [-0.05, 0) is 38.5 Å². The van der Waals surface area contributed by atoms with Crippen molar-refractivity contribution in [3.8, 4) is 0 Å². The number of nitrogens with one attached hydrogen (secondary N) is 2. The molecule has 1 aromatic rings. The van der Waals surface area contributed by atoms with Crippen molar-refractivity contribution in [2.24, 2.45) is 0 Å². The van der Waals surface area contributed by atoms with E-state index < -0.39 is 0 Å². The number of nitrogens with zero attached hydrogens (tertiary/aromatic N) is 2. The first-order valence-electron chi connectivity index (χ1n) is 7.08. The molecule has 0 radical (unpaired) electrons. The molecule has 0 saturated carbocycles. The number of carbonyl (C=O) groups is 1. The van der Waals surface area contributed by atoms with E-state index in [0.29, 0.717) is 12.5 Å². The van der Waals surface area contributed by atoms with Crippen LogP contribution in [0.2, 0.25) is 0 Å². The maximum atomic E-state index is 12.3. The molecule has 1 saturated heterocycles. The number of aromatic amines is 1. The van der Waals surface area contributed by atoms with Gasteiger partial charge in [-0.2, -0.15) is 16.9 Å². The second kappa shape index (κ2) is 6.52. The van der Waals surface area contributed by atoms with Crippen molar-refractivity contribution in [3.63, 3.8) is 0 Å². The maximum absolute atomic E-state index is 12.3. The van der Waals surface area contributed by atoms with E-state index in [1.807, 2.05) is 17.3 Å². The van der Waals surface area contributed by atoms with E-state index in [0.717, 1.165) is 25.9 Å². The number of piperidine rings is 1. The Morgan fingerprint density at radius 2 is 2.45 bits per heavy atom. The molecule has 2 heterocycles. The minimum atomic E-state index is 0.0559. The summed E-state index contributed by atoms with van der Waals surface area (Å²) < 4.78 is 0.0788. The number of hydrogen-bond acceptors (Lipinski definition) is 3. The van der Waals surface area contributed by atoms with Crippen LogP contribution in [0.25, 0.3) is 0 Å². The minimum Gasteiger partial charge on any atom is -0.337 e. The van der Waals surface area contributed by atoms with E-state index in [1.165, 1.54) is 5.56 Å². The lowest BCUT2D eigenvalue weighted by Crippen LogP contribution is -2.47. The molecule has 2 N–H and O–H groups in total. The fraction of sp³-hybridized carbons (Fsp3) is 0.714. The number of thioether (sulfide) groups is 1. The number of amides is 2. The number of rotatable bonds is 4. The van der Waals surface area contributed by atoms with Crippen molar-refractivity contribution in [2.75, 3.05) is 25.9 Å². The van der Waals surface area contributed by atoms with Crippen LogP contribution in [0.15, 0.2) is 12.4 Å². The topological polar surface area (TPSA) is 61.0 Å². The predicted molar refractivity (Wildman–Crippen MR) is 83.1 cm³/mol. The summed E-state index contributed by atoms with van der Waals surface area (Å²) >= 11 is 1.77. The van der Waals surface area contributed by atoms with E-state index in [2.05, 4.69) is 35.6 Å². The van der Waals surface area contributed by atoms with Gasteiger partial charge in [0, 0.05) is 36.5 Å². The van der Waals surface area contributed by atoms with Gasteiger partial charge >= 0.3 is 6.03 Å². The normalized spacial score (nSPS) is 19.9. The molecule has 2 rings (SSSR count). The van der Waals surface area contributed by atoms with E-state index >= 15 is 0 Å². The number of H-pyrrole nitrogens is 1. The van der Waals surface area contributed by atoms with Crippen LogP contribution in [-0.4, -0.2) is 51.8 Å². The molecule has 1 fully saturated rings. The van der Waals surface area contributed by atoms with Gasteiger partial charge in [-0.15, -0.1) is 0 Å². The molecule has 1 aromatic heterocycles. The third-order valence-corrected chi connectivity index (χ3v) is 5.17. The molecule has 6 heteroatoms. The molecule has 1 aliphatic rings. The van der Waals surface area contributed by atoms with Crippen LogP contribution in [-0.2, 0) is 0 Å². The second-order valence-corrected chi connectivity index (χ2v) is 7.45. The lowest BCUT2D eigenvalue weighted by molar-refractivity contribution is 0.179. The van der Waals surface area contributed by atoms with Gasteiger partial charge in [-0.25, -0.2) is 4.79 Å². The Hall–Kier alpha value is -1.17. The van der Waals surface area contributed by atoms with Gasteiger partial charge in [-0.1, -0.05) is 0 Å². The van der Waals surface area contributed by atoms with E-state index in [-0.39, 0.29) is 10.8 Å². The number of likely N-dealkylation sites (tertiary alicyclic amines) is 1. The molecule has 112 valence electrons. The SMILES string of the molecule is CSC(C)(C)CNC(=O)N1CCC[C@@H](c2cn[nH]c2)C1. The Morgan fingerprint density at radius 3 is 3.10 bits per heavy atom. The van der Waals surface area contributed by atoms with Crippen LogP contribution in [0, 0.1) is 0 Å². The molecular formula is C14H24N4OS. The molecule has 5 nitrogen and oxygen atoms in total. The van der Waals surface area contributed by atoms with Crippen LogP contribution in [0.5, 0.6) is 0 Å². The Bertz CT molecular complexity index is 432. The van der Waals surface area contributed by atoms with E-state index in [4.69, 9.17) is 0 Å². The summed E-state index contributed by atoms with van der Waals surface area (Å²) in [5.41, 5.74) is 1.20.